The number of fused-ring (bicyclic) bond motifs is 1. The average molecular weight is 236 g/mol. The zero-order valence-corrected chi connectivity index (χ0v) is 9.71. The molecule has 0 spiro atoms. The van der Waals surface area contributed by atoms with Crippen LogP contribution < -0.4 is 10.3 Å². The Morgan fingerprint density at radius 1 is 0.833 bits per heavy atom. The van der Waals surface area contributed by atoms with Crippen LogP contribution in [-0.2, 0) is 0 Å². The van der Waals surface area contributed by atoms with Crippen molar-refractivity contribution in [1.82, 2.24) is 4.98 Å². The normalized spacial score (nSPS) is 10.2. The Morgan fingerprint density at radius 3 is 2.50 bits per heavy atom. The Morgan fingerprint density at radius 2 is 1.61 bits per heavy atom. The summed E-state index contributed by atoms with van der Waals surface area (Å²) in [4.78, 5) is 9.90. The van der Waals surface area contributed by atoms with Crippen LogP contribution >= 0.6 is 0 Å². The van der Waals surface area contributed by atoms with Gasteiger partial charge in [0.15, 0.2) is 5.75 Å². The third-order valence-electron chi connectivity index (χ3n) is 2.66. The van der Waals surface area contributed by atoms with E-state index in [-0.39, 0.29) is 0 Å². The molecule has 3 rings (SSSR count). The quantitative estimate of drug-likeness (QED) is 0.705. The summed E-state index contributed by atoms with van der Waals surface area (Å²) < 4.78 is 0. The average Bonchev–Trinajstić information content (AvgIpc) is 2.46. The third kappa shape index (κ3) is 2.11. The molecule has 3 aromatic rings. The highest BCUT2D eigenvalue weighted by molar-refractivity contribution is 5.84. The molecule has 1 aromatic heterocycles. The topological polar surface area (TPSA) is 34.1 Å². The molecular formula is C15H12N2O. The van der Waals surface area contributed by atoms with Gasteiger partial charge in [0.05, 0.1) is 11.2 Å². The molecule has 1 N–H and O–H groups in total. The van der Waals surface area contributed by atoms with Crippen LogP contribution in [0.15, 0.2) is 66.9 Å². The molecule has 3 nitrogen and oxygen atoms in total. The molecule has 3 heteroatoms. The van der Waals surface area contributed by atoms with Gasteiger partial charge in [-0.25, -0.2) is 5.48 Å². The van der Waals surface area contributed by atoms with E-state index >= 15 is 0 Å². The highest BCUT2D eigenvalue weighted by Gasteiger charge is 2.02. The molecule has 88 valence electrons. The van der Waals surface area contributed by atoms with Gasteiger partial charge in [-0.2, -0.15) is 0 Å². The van der Waals surface area contributed by atoms with Crippen molar-refractivity contribution in [3.05, 3.63) is 66.9 Å². The lowest BCUT2D eigenvalue weighted by Crippen LogP contribution is -2.04. The van der Waals surface area contributed by atoms with Crippen LogP contribution in [0.4, 0.5) is 5.69 Å². The van der Waals surface area contributed by atoms with Crippen molar-refractivity contribution in [1.29, 1.82) is 0 Å². The summed E-state index contributed by atoms with van der Waals surface area (Å²) in [5.41, 5.74) is 4.76. The second-order valence-electron chi connectivity index (χ2n) is 3.90. The van der Waals surface area contributed by atoms with Crippen molar-refractivity contribution in [2.75, 3.05) is 5.48 Å². The van der Waals surface area contributed by atoms with Crippen molar-refractivity contribution in [3.8, 4) is 5.75 Å². The number of nitrogens with zero attached hydrogens (tertiary/aromatic N) is 1. The van der Waals surface area contributed by atoms with Crippen LogP contribution in [0.5, 0.6) is 5.75 Å². The van der Waals surface area contributed by atoms with E-state index in [9.17, 15) is 0 Å². The van der Waals surface area contributed by atoms with Crippen molar-refractivity contribution in [2.24, 2.45) is 0 Å². The van der Waals surface area contributed by atoms with E-state index in [1.807, 2.05) is 60.7 Å². The zero-order valence-electron chi connectivity index (χ0n) is 9.71. The maximum absolute atomic E-state index is 5.62. The molecule has 0 atom stereocenters. The fraction of sp³-hybridized carbons (Fsp3) is 0. The first kappa shape index (κ1) is 10.6. The summed E-state index contributed by atoms with van der Waals surface area (Å²) in [6.07, 6.45) is 1.74. The largest absolute Gasteiger partial charge is 0.381 e. The Balaban J connectivity index is 1.87. The maximum Gasteiger partial charge on any atom is 0.165 e. The maximum atomic E-state index is 5.62. The number of anilines is 1. The molecule has 0 unspecified atom stereocenters. The van der Waals surface area contributed by atoms with Gasteiger partial charge < -0.3 is 4.84 Å². The van der Waals surface area contributed by atoms with Crippen LogP contribution in [0.25, 0.3) is 10.9 Å². The number of nitrogens with one attached hydrogen (secondary N) is 1. The predicted octanol–water partition coefficient (Wildman–Crippen LogP) is 3.64. The summed E-state index contributed by atoms with van der Waals surface area (Å²) in [6.45, 7) is 0. The van der Waals surface area contributed by atoms with Crippen LogP contribution in [0.2, 0.25) is 0 Å². The molecule has 0 radical (unpaired) electrons. The molecule has 0 aliphatic carbocycles. The first-order chi connectivity index (χ1) is 8.93. The van der Waals surface area contributed by atoms with Gasteiger partial charge in [0, 0.05) is 17.6 Å². The number of benzene rings is 2. The minimum Gasteiger partial charge on any atom is -0.381 e. The summed E-state index contributed by atoms with van der Waals surface area (Å²) in [6, 6.07) is 19.5. The summed E-state index contributed by atoms with van der Waals surface area (Å²) in [5, 5.41) is 0.989. The molecule has 0 saturated carbocycles. The van der Waals surface area contributed by atoms with Crippen LogP contribution in [0, 0.1) is 0 Å². The smallest absolute Gasteiger partial charge is 0.165 e. The lowest BCUT2D eigenvalue weighted by atomic mass is 10.2. The first-order valence-electron chi connectivity index (χ1n) is 5.75. The summed E-state index contributed by atoms with van der Waals surface area (Å²) in [7, 11) is 0. The zero-order chi connectivity index (χ0) is 12.2. The number of hydrogen-bond donors (Lipinski definition) is 1. The van der Waals surface area contributed by atoms with Gasteiger partial charge in [-0.15, -0.1) is 0 Å². The lowest BCUT2D eigenvalue weighted by molar-refractivity contribution is 0.409. The highest BCUT2D eigenvalue weighted by Crippen LogP contribution is 2.23. The SMILES string of the molecule is c1ccc(NOc2ccnc3ccccc23)cc1. The van der Waals surface area contributed by atoms with Gasteiger partial charge in [0.1, 0.15) is 0 Å². The van der Waals surface area contributed by atoms with E-state index in [0.29, 0.717) is 0 Å². The molecule has 2 aromatic carbocycles. The molecule has 1 heterocycles. The molecule has 0 aliphatic heterocycles. The Labute approximate surface area is 105 Å². The minimum atomic E-state index is 0.768. The number of pyridine rings is 1. The number of hydrogen-bond acceptors (Lipinski definition) is 3. The van der Waals surface area contributed by atoms with Gasteiger partial charge >= 0.3 is 0 Å². The monoisotopic (exact) mass is 236 g/mol. The molecule has 0 amide bonds. The van der Waals surface area contributed by atoms with Gasteiger partial charge in [0.25, 0.3) is 0 Å². The summed E-state index contributed by atoms with van der Waals surface area (Å²) in [5.74, 6) is 0.768. The van der Waals surface area contributed by atoms with Crippen LogP contribution in [0.1, 0.15) is 0 Å². The van der Waals surface area contributed by atoms with Gasteiger partial charge in [-0.1, -0.05) is 30.3 Å². The number of para-hydroxylation sites is 2. The molecule has 0 aliphatic rings. The summed E-state index contributed by atoms with van der Waals surface area (Å²) >= 11 is 0. The van der Waals surface area contributed by atoms with E-state index in [4.69, 9.17) is 4.84 Å². The van der Waals surface area contributed by atoms with Crippen LogP contribution in [0.3, 0.4) is 0 Å². The third-order valence-corrected chi connectivity index (χ3v) is 2.66. The molecule has 0 bridgehead atoms. The van der Waals surface area contributed by atoms with Crippen molar-refractivity contribution >= 4 is 16.6 Å². The van der Waals surface area contributed by atoms with Crippen molar-refractivity contribution in [2.45, 2.75) is 0 Å². The second-order valence-corrected chi connectivity index (χ2v) is 3.90. The van der Waals surface area contributed by atoms with Crippen molar-refractivity contribution < 1.29 is 4.84 Å². The standard InChI is InChI=1S/C15H12N2O/c1-2-6-12(7-3-1)17-18-15-10-11-16-14-9-5-4-8-13(14)15/h1-11,17H. The fourth-order valence-electron chi connectivity index (χ4n) is 1.78. The number of aromatic nitrogens is 1. The van der Waals surface area contributed by atoms with Crippen LogP contribution in [-0.4, -0.2) is 4.98 Å². The minimum absolute atomic E-state index is 0.768. The Kier molecular flexibility index (Phi) is 2.80. The molecule has 0 saturated heterocycles. The predicted molar refractivity (Wildman–Crippen MR) is 72.4 cm³/mol. The van der Waals surface area contributed by atoms with E-state index in [2.05, 4.69) is 10.5 Å². The second kappa shape index (κ2) is 4.75. The van der Waals surface area contributed by atoms with Gasteiger partial charge in [-0.3, -0.25) is 4.98 Å². The lowest BCUT2D eigenvalue weighted by Gasteiger charge is -2.09. The fourth-order valence-corrected chi connectivity index (χ4v) is 1.78. The van der Waals surface area contributed by atoms with E-state index < -0.39 is 0 Å². The van der Waals surface area contributed by atoms with E-state index in [1.54, 1.807) is 6.20 Å². The first-order valence-corrected chi connectivity index (χ1v) is 5.75. The number of rotatable bonds is 3. The van der Waals surface area contributed by atoms with E-state index in [1.165, 1.54) is 0 Å². The van der Waals surface area contributed by atoms with Gasteiger partial charge in [-0.05, 0) is 24.3 Å². The Bertz CT molecular complexity index is 647. The van der Waals surface area contributed by atoms with Gasteiger partial charge in [0.2, 0.25) is 0 Å². The Hall–Kier alpha value is -2.55. The molecule has 18 heavy (non-hydrogen) atoms. The highest BCUT2D eigenvalue weighted by atomic mass is 16.6. The molecule has 0 fully saturated rings. The van der Waals surface area contributed by atoms with Crippen molar-refractivity contribution in [3.63, 3.8) is 0 Å². The van der Waals surface area contributed by atoms with E-state index in [0.717, 1.165) is 22.3 Å². The molecular weight excluding hydrogens is 224 g/mol.